The van der Waals surface area contributed by atoms with Gasteiger partial charge in [0.25, 0.3) is 0 Å². The molecule has 0 aromatic heterocycles. The molecule has 360 valence electrons. The molecule has 2 amide bonds. The van der Waals surface area contributed by atoms with E-state index in [1.807, 2.05) is 65.8 Å². The van der Waals surface area contributed by atoms with Gasteiger partial charge in [-0.15, -0.1) is 0 Å². The van der Waals surface area contributed by atoms with Gasteiger partial charge in [0.1, 0.15) is 34.8 Å². The molecule has 2 fully saturated rings. The topological polar surface area (TPSA) is 129 Å². The summed E-state index contributed by atoms with van der Waals surface area (Å²) in [6.07, 6.45) is 12.6. The van der Waals surface area contributed by atoms with Crippen molar-refractivity contribution < 1.29 is 42.3 Å². The van der Waals surface area contributed by atoms with Gasteiger partial charge in [0.2, 0.25) is 0 Å². The molecular formula is C54H74N2O9S. The molecule has 12 heteroatoms. The number of fused-ring (bicyclic) bond motifs is 1. The molecule has 0 radical (unpaired) electrons. The van der Waals surface area contributed by atoms with Gasteiger partial charge in [-0.05, 0) is 176 Å². The Bertz CT molecular complexity index is 2120. The molecule has 6 rings (SSSR count). The van der Waals surface area contributed by atoms with Gasteiger partial charge >= 0.3 is 24.1 Å². The molecule has 0 spiro atoms. The first kappa shape index (κ1) is 50.7. The fourth-order valence-electron chi connectivity index (χ4n) is 9.55. The Morgan fingerprint density at radius 3 is 1.77 bits per heavy atom. The van der Waals surface area contributed by atoms with E-state index < -0.39 is 58.2 Å². The van der Waals surface area contributed by atoms with Crippen LogP contribution in [0.2, 0.25) is 0 Å². The highest BCUT2D eigenvalue weighted by molar-refractivity contribution is 7.84. The van der Waals surface area contributed by atoms with Crippen LogP contribution >= 0.6 is 0 Å². The van der Waals surface area contributed by atoms with E-state index in [9.17, 15) is 23.4 Å². The van der Waals surface area contributed by atoms with E-state index in [0.717, 1.165) is 80.4 Å². The Morgan fingerprint density at radius 2 is 1.20 bits per heavy atom. The number of ether oxygens (including phenoxy) is 4. The van der Waals surface area contributed by atoms with Crippen molar-refractivity contribution >= 4 is 34.9 Å². The third-order valence-electron chi connectivity index (χ3n) is 12.9. The van der Waals surface area contributed by atoms with Crippen LogP contribution in [0.25, 0.3) is 0 Å². The van der Waals surface area contributed by atoms with Crippen LogP contribution in [0.15, 0.2) is 66.7 Å². The Hall–Kier alpha value is -4.71. The second-order valence-electron chi connectivity index (χ2n) is 20.4. The first-order valence-corrected chi connectivity index (χ1v) is 26.0. The van der Waals surface area contributed by atoms with E-state index in [4.69, 9.17) is 18.9 Å². The second-order valence-corrected chi connectivity index (χ2v) is 22.1. The zero-order chi connectivity index (χ0) is 47.4. The highest BCUT2D eigenvalue weighted by Gasteiger charge is 2.40. The standard InChI is InChI=1S/C54H74N2O9S/c1-8-9-10-13-35-66(61)36-32-39-22-20-38(21-23-39)16-11-12-17-46-44(40-24-27-42(28-25-40)62-49(57)47-18-14-33-55(47)51(59)64-53(2,3)4)30-26-41-37-43(29-31-45(41)46)63-50(58)48-19-15-34-56(48)52(60)65-54(5,6)7/h20-25,27-29,31,37,44,46-48H,8-19,26,30,32-36H2,1-7H3/t44?,46?,47-,48-,66?/m0/s1. The minimum absolute atomic E-state index is 0.204. The first-order chi connectivity index (χ1) is 31.5. The fourth-order valence-corrected chi connectivity index (χ4v) is 10.7. The maximum absolute atomic E-state index is 13.5. The summed E-state index contributed by atoms with van der Waals surface area (Å²) in [5, 5.41) is 0. The number of likely N-dealkylation sites (tertiary alicyclic amines) is 2. The number of unbranched alkanes of at least 4 members (excludes halogenated alkanes) is 4. The fraction of sp³-hybridized carbons (Fsp3) is 0.593. The number of esters is 2. The average molecular weight is 927 g/mol. The number of rotatable bonds is 18. The summed E-state index contributed by atoms with van der Waals surface area (Å²) in [5.74, 6) is 1.94. The molecule has 1 aliphatic carbocycles. The van der Waals surface area contributed by atoms with Gasteiger partial charge in [-0.1, -0.05) is 75.1 Å². The summed E-state index contributed by atoms with van der Waals surface area (Å²) in [7, 11) is -0.766. The van der Waals surface area contributed by atoms with Gasteiger partial charge in [-0.2, -0.15) is 0 Å². The largest absolute Gasteiger partial charge is 0.444 e. The first-order valence-electron chi connectivity index (χ1n) is 24.6. The summed E-state index contributed by atoms with van der Waals surface area (Å²) < 4.78 is 35.5. The molecule has 3 unspecified atom stereocenters. The summed E-state index contributed by atoms with van der Waals surface area (Å²) in [5.41, 5.74) is 4.77. The van der Waals surface area contributed by atoms with Crippen molar-refractivity contribution in [1.82, 2.24) is 9.80 Å². The van der Waals surface area contributed by atoms with Crippen molar-refractivity contribution in [2.45, 2.75) is 180 Å². The smallest absolute Gasteiger partial charge is 0.411 e. The molecular weight excluding hydrogens is 853 g/mol. The molecule has 0 N–H and O–H groups in total. The van der Waals surface area contributed by atoms with Crippen molar-refractivity contribution in [3.63, 3.8) is 0 Å². The van der Waals surface area contributed by atoms with E-state index in [2.05, 4.69) is 49.4 Å². The number of benzene rings is 3. The Morgan fingerprint density at radius 1 is 0.636 bits per heavy atom. The lowest BCUT2D eigenvalue weighted by atomic mass is 9.70. The maximum Gasteiger partial charge on any atom is 0.411 e. The van der Waals surface area contributed by atoms with Crippen molar-refractivity contribution in [3.05, 3.63) is 94.5 Å². The normalized spacial score (nSPS) is 20.1. The van der Waals surface area contributed by atoms with Crippen LogP contribution in [0.4, 0.5) is 9.59 Å². The lowest BCUT2D eigenvalue weighted by Crippen LogP contribution is -2.44. The van der Waals surface area contributed by atoms with Crippen LogP contribution in [-0.2, 0) is 49.1 Å². The lowest BCUT2D eigenvalue weighted by molar-refractivity contribution is -0.140. The number of hydrogen-bond donors (Lipinski definition) is 0. The number of nitrogens with zero attached hydrogens (tertiary/aromatic N) is 2. The zero-order valence-electron chi connectivity index (χ0n) is 40.6. The molecule has 66 heavy (non-hydrogen) atoms. The highest BCUT2D eigenvalue weighted by atomic mass is 32.2. The molecule has 2 saturated heterocycles. The number of carbonyl (C=O) groups excluding carboxylic acids is 4. The van der Waals surface area contributed by atoms with Crippen LogP contribution in [0.5, 0.6) is 11.5 Å². The van der Waals surface area contributed by atoms with Crippen molar-refractivity contribution in [1.29, 1.82) is 0 Å². The van der Waals surface area contributed by atoms with E-state index in [1.165, 1.54) is 39.3 Å². The van der Waals surface area contributed by atoms with Crippen LogP contribution in [0.3, 0.4) is 0 Å². The Balaban J connectivity index is 1.11. The minimum atomic E-state index is -0.766. The minimum Gasteiger partial charge on any atom is -0.444 e. The molecule has 3 aromatic carbocycles. The third-order valence-corrected chi connectivity index (χ3v) is 14.3. The van der Waals surface area contributed by atoms with Gasteiger partial charge in [0.05, 0.1) is 0 Å². The SMILES string of the molecule is CCCCCCS(=O)CCc1ccc(CCCCC2c3ccc(OC(=O)[C@@H]4CCCN4C(=O)OC(C)(C)C)cc3CCC2c2ccc(OC(=O)[C@@H]3CCCN3C(=O)OC(C)(C)C)cc2)cc1. The molecule has 0 saturated carbocycles. The average Bonchev–Trinajstić information content (AvgIpc) is 3.97. The van der Waals surface area contributed by atoms with Gasteiger partial charge in [-0.3, -0.25) is 14.0 Å². The molecule has 11 nitrogen and oxygen atoms in total. The Kier molecular flexibility index (Phi) is 17.9. The van der Waals surface area contributed by atoms with Gasteiger partial charge in [0.15, 0.2) is 0 Å². The van der Waals surface area contributed by atoms with E-state index >= 15 is 0 Å². The molecule has 2 aliphatic heterocycles. The van der Waals surface area contributed by atoms with E-state index in [-0.39, 0.29) is 11.8 Å². The quantitative estimate of drug-likeness (QED) is 0.0695. The van der Waals surface area contributed by atoms with Crippen molar-refractivity contribution in [3.8, 4) is 11.5 Å². The summed E-state index contributed by atoms with van der Waals surface area (Å²) in [6.45, 7) is 14.0. The molecule has 3 aromatic rings. The highest BCUT2D eigenvalue weighted by Crippen LogP contribution is 2.46. The van der Waals surface area contributed by atoms with Crippen LogP contribution in [0.1, 0.15) is 165 Å². The molecule has 3 aliphatic rings. The molecule has 2 heterocycles. The van der Waals surface area contributed by atoms with Crippen molar-refractivity contribution in [2.24, 2.45) is 0 Å². The number of amides is 2. The third kappa shape index (κ3) is 14.6. The second kappa shape index (κ2) is 23.3. The summed E-state index contributed by atoms with van der Waals surface area (Å²) in [6, 6.07) is 21.3. The van der Waals surface area contributed by atoms with E-state index in [0.29, 0.717) is 50.3 Å². The van der Waals surface area contributed by atoms with Gasteiger partial charge in [0, 0.05) is 35.4 Å². The number of aryl methyl sites for hydroxylation is 3. The van der Waals surface area contributed by atoms with Crippen LogP contribution < -0.4 is 9.47 Å². The molecule has 0 bridgehead atoms. The predicted octanol–water partition coefficient (Wildman–Crippen LogP) is 11.4. The lowest BCUT2D eigenvalue weighted by Gasteiger charge is -2.35. The van der Waals surface area contributed by atoms with Crippen LogP contribution in [0, 0.1) is 0 Å². The summed E-state index contributed by atoms with van der Waals surface area (Å²) in [4.78, 5) is 55.6. The predicted molar refractivity (Wildman–Crippen MR) is 260 cm³/mol. The van der Waals surface area contributed by atoms with Gasteiger partial charge in [-0.25, -0.2) is 19.2 Å². The molecule has 5 atom stereocenters. The summed E-state index contributed by atoms with van der Waals surface area (Å²) >= 11 is 0. The van der Waals surface area contributed by atoms with Crippen LogP contribution in [-0.4, -0.2) is 86.0 Å². The van der Waals surface area contributed by atoms with E-state index in [1.54, 1.807) is 0 Å². The Labute approximate surface area is 396 Å². The number of hydrogen-bond acceptors (Lipinski definition) is 9. The number of carbonyl (C=O) groups is 4. The zero-order valence-corrected chi connectivity index (χ0v) is 41.4. The maximum atomic E-state index is 13.5. The monoisotopic (exact) mass is 927 g/mol. The van der Waals surface area contributed by atoms with Gasteiger partial charge < -0.3 is 18.9 Å². The van der Waals surface area contributed by atoms with Crippen molar-refractivity contribution in [2.75, 3.05) is 24.6 Å².